The van der Waals surface area contributed by atoms with E-state index in [-0.39, 0.29) is 6.04 Å². The fraction of sp³-hybridized carbons (Fsp3) is 0.300. The molecule has 0 fully saturated rings. The molecule has 2 atom stereocenters. The quantitative estimate of drug-likeness (QED) is 0.830. The Kier molecular flexibility index (Phi) is 5.79. The molecule has 0 aromatic heterocycles. The number of rotatable bonds is 6. The highest BCUT2D eigenvalue weighted by Gasteiger charge is 2.08. The highest BCUT2D eigenvalue weighted by atomic mass is 16.5. The summed E-state index contributed by atoms with van der Waals surface area (Å²) >= 11 is 0. The van der Waals surface area contributed by atoms with Gasteiger partial charge in [0.1, 0.15) is 5.75 Å². The van der Waals surface area contributed by atoms with Gasteiger partial charge in [-0.3, -0.25) is 0 Å². The topological polar surface area (TPSA) is 21.3 Å². The summed E-state index contributed by atoms with van der Waals surface area (Å²) in [6, 6.07) is 17.3. The molecule has 2 nitrogen and oxygen atoms in total. The van der Waals surface area contributed by atoms with Crippen molar-refractivity contribution in [2.45, 2.75) is 32.9 Å². The van der Waals surface area contributed by atoms with Crippen LogP contribution in [0.25, 0.3) is 6.08 Å². The van der Waals surface area contributed by atoms with Crippen LogP contribution in [0, 0.1) is 6.92 Å². The minimum atomic E-state index is 0.271. The molecule has 0 spiro atoms. The van der Waals surface area contributed by atoms with Crippen molar-refractivity contribution in [3.8, 4) is 5.75 Å². The van der Waals surface area contributed by atoms with Crippen molar-refractivity contribution < 1.29 is 4.74 Å². The van der Waals surface area contributed by atoms with Crippen LogP contribution in [-0.4, -0.2) is 13.2 Å². The lowest BCUT2D eigenvalue weighted by molar-refractivity contribution is 0.413. The first-order valence-electron chi connectivity index (χ1n) is 7.73. The van der Waals surface area contributed by atoms with Gasteiger partial charge >= 0.3 is 0 Å². The zero-order valence-corrected chi connectivity index (χ0v) is 13.8. The number of nitrogens with one attached hydrogen (secondary N) is 1. The highest BCUT2D eigenvalue weighted by Crippen LogP contribution is 2.19. The van der Waals surface area contributed by atoms with E-state index in [2.05, 4.69) is 74.6 Å². The maximum absolute atomic E-state index is 5.28. The van der Waals surface area contributed by atoms with E-state index >= 15 is 0 Å². The molecule has 0 radical (unpaired) electrons. The number of aryl methyl sites for hydroxylation is 1. The van der Waals surface area contributed by atoms with Crippen LogP contribution in [-0.2, 0) is 0 Å². The molecule has 2 heteroatoms. The first kappa shape index (κ1) is 16.3. The molecule has 2 unspecified atom stereocenters. The maximum Gasteiger partial charge on any atom is 0.119 e. The number of methoxy groups -OCH3 is 1. The molecule has 0 amide bonds. The smallest absolute Gasteiger partial charge is 0.119 e. The maximum atomic E-state index is 5.28. The molecule has 1 N–H and O–H groups in total. The van der Waals surface area contributed by atoms with E-state index in [9.17, 15) is 0 Å². The summed E-state index contributed by atoms with van der Waals surface area (Å²) in [7, 11) is 1.70. The van der Waals surface area contributed by atoms with E-state index in [0.717, 1.165) is 5.75 Å². The van der Waals surface area contributed by atoms with Crippen molar-refractivity contribution in [1.82, 2.24) is 5.32 Å². The molecule has 0 saturated heterocycles. The second-order valence-corrected chi connectivity index (χ2v) is 5.73. The average molecular weight is 295 g/mol. The van der Waals surface area contributed by atoms with Gasteiger partial charge in [-0.2, -0.15) is 0 Å². The second kappa shape index (κ2) is 7.81. The third-order valence-electron chi connectivity index (χ3n) is 3.73. The van der Waals surface area contributed by atoms with Crippen LogP contribution in [0.1, 0.15) is 36.6 Å². The van der Waals surface area contributed by atoms with Crippen molar-refractivity contribution >= 4 is 6.08 Å². The van der Waals surface area contributed by atoms with Gasteiger partial charge in [0.15, 0.2) is 0 Å². The zero-order chi connectivity index (χ0) is 15.9. The summed E-state index contributed by atoms with van der Waals surface area (Å²) in [6.07, 6.45) is 4.37. The predicted octanol–water partition coefficient (Wildman–Crippen LogP) is 4.76. The van der Waals surface area contributed by atoms with Crippen LogP contribution in [0.4, 0.5) is 0 Å². The van der Waals surface area contributed by atoms with E-state index in [1.165, 1.54) is 16.7 Å². The van der Waals surface area contributed by atoms with E-state index in [4.69, 9.17) is 4.74 Å². The molecule has 0 saturated carbocycles. The SMILES string of the molecule is COc1cccc(C(C)NC(C)/C=C/c2cccc(C)c2)c1. The summed E-state index contributed by atoms with van der Waals surface area (Å²) in [5.41, 5.74) is 3.75. The largest absolute Gasteiger partial charge is 0.497 e. The molecule has 0 heterocycles. The molecular weight excluding hydrogens is 270 g/mol. The van der Waals surface area contributed by atoms with Crippen LogP contribution in [0.3, 0.4) is 0 Å². The lowest BCUT2D eigenvalue weighted by atomic mass is 10.1. The van der Waals surface area contributed by atoms with E-state index < -0.39 is 0 Å². The van der Waals surface area contributed by atoms with Crippen LogP contribution in [0.2, 0.25) is 0 Å². The normalized spacial score (nSPS) is 14.0. The lowest BCUT2D eigenvalue weighted by Gasteiger charge is -2.18. The Morgan fingerprint density at radius 2 is 1.82 bits per heavy atom. The Bertz CT molecular complexity index is 633. The second-order valence-electron chi connectivity index (χ2n) is 5.73. The van der Waals surface area contributed by atoms with Gasteiger partial charge in [-0.05, 0) is 44.0 Å². The van der Waals surface area contributed by atoms with Crippen LogP contribution in [0.5, 0.6) is 5.75 Å². The summed E-state index contributed by atoms with van der Waals surface area (Å²) in [5.74, 6) is 0.897. The summed E-state index contributed by atoms with van der Waals surface area (Å²) in [6.45, 7) is 6.46. The monoisotopic (exact) mass is 295 g/mol. The molecule has 0 aliphatic rings. The fourth-order valence-electron chi connectivity index (χ4n) is 2.49. The number of hydrogen-bond donors (Lipinski definition) is 1. The Morgan fingerprint density at radius 1 is 1.05 bits per heavy atom. The third kappa shape index (κ3) is 4.74. The molecule has 2 rings (SSSR count). The summed E-state index contributed by atoms with van der Waals surface area (Å²) in [5, 5.41) is 3.59. The molecule has 0 aliphatic heterocycles. The Balaban J connectivity index is 1.97. The van der Waals surface area contributed by atoms with E-state index in [1.54, 1.807) is 7.11 Å². The fourth-order valence-corrected chi connectivity index (χ4v) is 2.49. The molecule has 22 heavy (non-hydrogen) atoms. The highest BCUT2D eigenvalue weighted by molar-refractivity contribution is 5.50. The number of benzene rings is 2. The van der Waals surface area contributed by atoms with E-state index in [1.807, 2.05) is 12.1 Å². The van der Waals surface area contributed by atoms with Crippen molar-refractivity contribution in [2.75, 3.05) is 7.11 Å². The molecular formula is C20H25NO. The van der Waals surface area contributed by atoms with Gasteiger partial charge in [0.25, 0.3) is 0 Å². The van der Waals surface area contributed by atoms with Crippen molar-refractivity contribution in [1.29, 1.82) is 0 Å². The average Bonchev–Trinajstić information content (AvgIpc) is 2.53. The van der Waals surface area contributed by atoms with Gasteiger partial charge in [0.05, 0.1) is 7.11 Å². The first-order chi connectivity index (χ1) is 10.6. The summed E-state index contributed by atoms with van der Waals surface area (Å²) < 4.78 is 5.28. The first-order valence-corrected chi connectivity index (χ1v) is 7.73. The minimum Gasteiger partial charge on any atom is -0.497 e. The summed E-state index contributed by atoms with van der Waals surface area (Å²) in [4.78, 5) is 0. The van der Waals surface area contributed by atoms with Gasteiger partial charge in [0, 0.05) is 12.1 Å². The van der Waals surface area contributed by atoms with Gasteiger partial charge in [0.2, 0.25) is 0 Å². The molecule has 116 valence electrons. The van der Waals surface area contributed by atoms with Gasteiger partial charge < -0.3 is 10.1 Å². The predicted molar refractivity (Wildman–Crippen MR) is 94.2 cm³/mol. The molecule has 2 aromatic carbocycles. The zero-order valence-electron chi connectivity index (χ0n) is 13.8. The standard InChI is InChI=1S/C20H25NO/c1-15-7-5-8-18(13-15)12-11-16(2)21-17(3)19-9-6-10-20(14-19)22-4/h5-14,16-17,21H,1-4H3/b12-11+. The molecule has 0 aliphatic carbocycles. The van der Waals surface area contributed by atoms with Gasteiger partial charge in [-0.25, -0.2) is 0 Å². The molecule has 2 aromatic rings. The Hall–Kier alpha value is -2.06. The minimum absolute atomic E-state index is 0.271. The Labute approximate surface area is 133 Å². The third-order valence-corrected chi connectivity index (χ3v) is 3.73. The van der Waals surface area contributed by atoms with Crippen LogP contribution < -0.4 is 10.1 Å². The van der Waals surface area contributed by atoms with E-state index in [0.29, 0.717) is 6.04 Å². The van der Waals surface area contributed by atoms with Crippen LogP contribution >= 0.6 is 0 Å². The Morgan fingerprint density at radius 3 is 2.55 bits per heavy atom. The van der Waals surface area contributed by atoms with Crippen molar-refractivity contribution in [2.24, 2.45) is 0 Å². The molecule has 0 bridgehead atoms. The number of hydrogen-bond acceptors (Lipinski definition) is 2. The number of ether oxygens (including phenoxy) is 1. The van der Waals surface area contributed by atoms with Crippen molar-refractivity contribution in [3.05, 3.63) is 71.3 Å². The lowest BCUT2D eigenvalue weighted by Crippen LogP contribution is -2.27. The van der Waals surface area contributed by atoms with Gasteiger partial charge in [-0.15, -0.1) is 0 Å². The van der Waals surface area contributed by atoms with Crippen LogP contribution in [0.15, 0.2) is 54.6 Å². The van der Waals surface area contributed by atoms with Gasteiger partial charge in [-0.1, -0.05) is 54.1 Å². The van der Waals surface area contributed by atoms with Crippen molar-refractivity contribution in [3.63, 3.8) is 0 Å².